The van der Waals surface area contributed by atoms with Gasteiger partial charge in [0.25, 0.3) is 0 Å². The van der Waals surface area contributed by atoms with Crippen molar-refractivity contribution in [3.8, 4) is 11.4 Å². The maximum absolute atomic E-state index is 6.29. The molecule has 0 radical (unpaired) electrons. The molecule has 148 valence electrons. The van der Waals surface area contributed by atoms with E-state index in [4.69, 9.17) is 21.3 Å². The summed E-state index contributed by atoms with van der Waals surface area (Å²) < 4.78 is 9.92. The van der Waals surface area contributed by atoms with Crippen LogP contribution in [0.25, 0.3) is 11.4 Å². The summed E-state index contributed by atoms with van der Waals surface area (Å²) in [6, 6.07) is 15.9. The second-order valence-corrected chi connectivity index (χ2v) is 7.86. The monoisotopic (exact) mass is 416 g/mol. The van der Waals surface area contributed by atoms with Gasteiger partial charge in [-0.1, -0.05) is 47.1 Å². The minimum atomic E-state index is -0.0237. The maximum atomic E-state index is 6.29. The van der Waals surface area contributed by atoms with Crippen molar-refractivity contribution < 1.29 is 4.74 Å². The van der Waals surface area contributed by atoms with Crippen molar-refractivity contribution in [2.24, 2.45) is 4.99 Å². The van der Waals surface area contributed by atoms with Crippen LogP contribution < -0.4 is 0 Å². The third-order valence-corrected chi connectivity index (χ3v) is 5.86. The lowest BCUT2D eigenvalue weighted by Crippen LogP contribution is -2.08. The first-order valence-electron chi connectivity index (χ1n) is 9.72. The topological polar surface area (TPSA) is 70.1 Å². The van der Waals surface area contributed by atoms with Gasteiger partial charge in [0.05, 0.1) is 28.5 Å². The first-order valence-corrected chi connectivity index (χ1v) is 10.1. The number of imidazole rings is 1. The van der Waals surface area contributed by atoms with E-state index in [1.54, 1.807) is 0 Å². The van der Waals surface area contributed by atoms with Crippen LogP contribution >= 0.6 is 11.6 Å². The molecule has 0 aliphatic carbocycles. The minimum Gasteiger partial charge on any atom is -0.474 e. The number of fused-ring (bicyclic) bond motifs is 5. The molecule has 0 amide bonds. The van der Waals surface area contributed by atoms with Crippen molar-refractivity contribution in [2.45, 2.75) is 19.4 Å². The Morgan fingerprint density at radius 3 is 2.80 bits per heavy atom. The molecule has 4 heterocycles. The summed E-state index contributed by atoms with van der Waals surface area (Å²) in [6.45, 7) is 2.47. The molecule has 0 unspecified atom stereocenters. The highest BCUT2D eigenvalue weighted by atomic mass is 35.5. The van der Waals surface area contributed by atoms with Gasteiger partial charge in [0.15, 0.2) is 0 Å². The molecule has 4 aromatic rings. The number of aromatic nitrogens is 5. The minimum absolute atomic E-state index is 0.0237. The molecule has 0 spiro atoms. The van der Waals surface area contributed by atoms with E-state index in [9.17, 15) is 0 Å². The van der Waals surface area contributed by atoms with Crippen molar-refractivity contribution >= 4 is 17.5 Å². The Labute approximate surface area is 177 Å². The lowest BCUT2D eigenvalue weighted by Gasteiger charge is -2.10. The highest BCUT2D eigenvalue weighted by Gasteiger charge is 2.30. The summed E-state index contributed by atoms with van der Waals surface area (Å²) in [4.78, 5) is 9.52. The summed E-state index contributed by atoms with van der Waals surface area (Å²) in [5.41, 5.74) is 6.57. The number of rotatable bonds is 2. The first-order chi connectivity index (χ1) is 14.7. The smallest absolute Gasteiger partial charge is 0.238 e. The average molecular weight is 417 g/mol. The fourth-order valence-corrected chi connectivity index (χ4v) is 4.25. The molecular weight excluding hydrogens is 400 g/mol. The Morgan fingerprint density at radius 1 is 1.07 bits per heavy atom. The average Bonchev–Trinajstić information content (AvgIpc) is 3.47. The predicted octanol–water partition coefficient (Wildman–Crippen LogP) is 3.84. The third-order valence-electron chi connectivity index (χ3n) is 5.62. The summed E-state index contributed by atoms with van der Waals surface area (Å²) in [7, 11) is 0. The SMILES string of the molecule is Cc1nnn2c1Cc1c(C3=N[C@@H](c4ccccc4)CO3)ncn1-c1ccc(Cl)cc1-2. The second-order valence-electron chi connectivity index (χ2n) is 7.42. The van der Waals surface area contributed by atoms with E-state index in [0.29, 0.717) is 23.9 Å². The summed E-state index contributed by atoms with van der Waals surface area (Å²) in [6.07, 6.45) is 2.42. The normalized spacial score (nSPS) is 16.9. The summed E-state index contributed by atoms with van der Waals surface area (Å²) in [5, 5.41) is 9.28. The van der Waals surface area contributed by atoms with E-state index in [1.165, 1.54) is 0 Å². The Kier molecular flexibility index (Phi) is 3.79. The van der Waals surface area contributed by atoms with Crippen LogP contribution in [-0.4, -0.2) is 37.0 Å². The quantitative estimate of drug-likeness (QED) is 0.438. The van der Waals surface area contributed by atoms with Crippen LogP contribution in [0.15, 0.2) is 59.9 Å². The van der Waals surface area contributed by atoms with Crippen molar-refractivity contribution in [1.82, 2.24) is 24.5 Å². The molecule has 7 nitrogen and oxygen atoms in total. The van der Waals surface area contributed by atoms with Gasteiger partial charge in [0.1, 0.15) is 24.7 Å². The zero-order valence-corrected chi connectivity index (χ0v) is 16.9. The molecule has 2 aromatic carbocycles. The molecule has 0 bridgehead atoms. The van der Waals surface area contributed by atoms with E-state index in [2.05, 4.69) is 32.0 Å². The number of halogens is 1. The molecule has 0 fully saturated rings. The summed E-state index contributed by atoms with van der Waals surface area (Å²) in [5.74, 6) is 0.576. The Bertz CT molecular complexity index is 1310. The van der Waals surface area contributed by atoms with Gasteiger partial charge in [-0.3, -0.25) is 4.57 Å². The number of aliphatic imine (C=N–C) groups is 1. The molecular formula is C22H17ClN6O. The van der Waals surface area contributed by atoms with Gasteiger partial charge in [-0.25, -0.2) is 14.7 Å². The van der Waals surface area contributed by atoms with Gasteiger partial charge in [0.2, 0.25) is 5.90 Å². The molecule has 0 saturated carbocycles. The Hall–Kier alpha value is -3.45. The number of hydrogen-bond donors (Lipinski definition) is 0. The van der Waals surface area contributed by atoms with E-state index in [-0.39, 0.29) is 6.04 Å². The molecule has 6 rings (SSSR count). The van der Waals surface area contributed by atoms with Crippen LogP contribution in [0.5, 0.6) is 0 Å². The molecule has 0 saturated heterocycles. The first kappa shape index (κ1) is 17.4. The predicted molar refractivity (Wildman–Crippen MR) is 113 cm³/mol. The van der Waals surface area contributed by atoms with E-state index >= 15 is 0 Å². The number of nitrogens with zero attached hydrogens (tertiary/aromatic N) is 6. The van der Waals surface area contributed by atoms with Gasteiger partial charge in [-0.05, 0) is 30.7 Å². The summed E-state index contributed by atoms with van der Waals surface area (Å²) >= 11 is 6.29. The fourth-order valence-electron chi connectivity index (χ4n) is 4.08. The Balaban J connectivity index is 1.50. The van der Waals surface area contributed by atoms with Gasteiger partial charge < -0.3 is 4.74 Å². The van der Waals surface area contributed by atoms with Gasteiger partial charge in [0, 0.05) is 11.4 Å². The number of benzene rings is 2. The highest BCUT2D eigenvalue weighted by Crippen LogP contribution is 2.33. The standard InChI is InChI=1S/C22H17ClN6O/c1-13-18-10-20-21(22-25-16(11-30-22)14-5-3-2-4-6-14)24-12-28(20)17-8-7-15(23)9-19(17)29(18)27-26-13/h2-9,12,16H,10-11H2,1H3/t16-/m1/s1. The van der Waals surface area contributed by atoms with Crippen molar-refractivity contribution in [3.63, 3.8) is 0 Å². The molecule has 0 N–H and O–H groups in total. The maximum Gasteiger partial charge on any atom is 0.238 e. The van der Waals surface area contributed by atoms with Crippen LogP contribution in [0.3, 0.4) is 0 Å². The van der Waals surface area contributed by atoms with Crippen LogP contribution in [-0.2, 0) is 11.2 Å². The zero-order chi connectivity index (χ0) is 20.2. The third kappa shape index (κ3) is 2.59. The largest absolute Gasteiger partial charge is 0.474 e. The van der Waals surface area contributed by atoms with Gasteiger partial charge in [-0.2, -0.15) is 0 Å². The molecule has 1 atom stereocenters. The van der Waals surface area contributed by atoms with Crippen molar-refractivity contribution in [1.29, 1.82) is 0 Å². The molecule has 2 aliphatic heterocycles. The van der Waals surface area contributed by atoms with Crippen LogP contribution in [0.4, 0.5) is 0 Å². The van der Waals surface area contributed by atoms with E-state index < -0.39 is 0 Å². The second kappa shape index (κ2) is 6.53. The van der Waals surface area contributed by atoms with Crippen LogP contribution in [0.1, 0.15) is 34.4 Å². The van der Waals surface area contributed by atoms with Crippen molar-refractivity contribution in [2.75, 3.05) is 6.61 Å². The fraction of sp³-hybridized carbons (Fsp3) is 0.182. The Morgan fingerprint density at radius 2 is 1.93 bits per heavy atom. The lowest BCUT2D eigenvalue weighted by atomic mass is 10.1. The van der Waals surface area contributed by atoms with E-state index in [0.717, 1.165) is 39.7 Å². The highest BCUT2D eigenvalue weighted by molar-refractivity contribution is 6.30. The van der Waals surface area contributed by atoms with Gasteiger partial charge >= 0.3 is 0 Å². The molecule has 30 heavy (non-hydrogen) atoms. The zero-order valence-electron chi connectivity index (χ0n) is 16.2. The van der Waals surface area contributed by atoms with Crippen LogP contribution in [0.2, 0.25) is 5.02 Å². The van der Waals surface area contributed by atoms with Gasteiger partial charge in [-0.15, -0.1) is 5.10 Å². The number of ether oxygens (including phenoxy) is 1. The number of hydrogen-bond acceptors (Lipinski definition) is 5. The molecule has 2 aromatic heterocycles. The molecule has 8 heteroatoms. The van der Waals surface area contributed by atoms with Crippen molar-refractivity contribution in [3.05, 3.63) is 88.2 Å². The molecule has 2 aliphatic rings. The van der Waals surface area contributed by atoms with Crippen LogP contribution in [0, 0.1) is 6.92 Å². The number of aryl methyl sites for hydroxylation is 1. The van der Waals surface area contributed by atoms with E-state index in [1.807, 2.05) is 54.3 Å². The lowest BCUT2D eigenvalue weighted by molar-refractivity contribution is 0.319.